The van der Waals surface area contributed by atoms with Crippen molar-refractivity contribution < 1.29 is 14.4 Å². The Kier molecular flexibility index (Phi) is 4.11. The maximum absolute atomic E-state index is 12.4. The Morgan fingerprint density at radius 3 is 2.58 bits per heavy atom. The Morgan fingerprint density at radius 1 is 1.12 bits per heavy atom. The van der Waals surface area contributed by atoms with Gasteiger partial charge in [0, 0.05) is 5.69 Å². The second-order valence-electron chi connectivity index (χ2n) is 5.73. The maximum atomic E-state index is 12.4. The zero-order chi connectivity index (χ0) is 17.4. The molecule has 0 aromatic heterocycles. The first-order valence-electron chi connectivity index (χ1n) is 7.40. The Hall–Kier alpha value is -2.66. The first-order valence-corrected chi connectivity index (χ1v) is 7.78. The summed E-state index contributed by atoms with van der Waals surface area (Å²) in [5.74, 6) is -1.49. The molecule has 1 aliphatic heterocycles. The molecule has 0 aliphatic carbocycles. The van der Waals surface area contributed by atoms with Gasteiger partial charge in [0.2, 0.25) is 5.91 Å². The summed E-state index contributed by atoms with van der Waals surface area (Å²) in [6.45, 7) is 3.44. The summed E-state index contributed by atoms with van der Waals surface area (Å²) in [7, 11) is 0. The van der Waals surface area contributed by atoms with E-state index in [0.717, 1.165) is 16.0 Å². The van der Waals surface area contributed by atoms with Crippen LogP contribution in [0.25, 0.3) is 0 Å². The highest BCUT2D eigenvalue weighted by Gasteiger charge is 2.38. The van der Waals surface area contributed by atoms with Crippen molar-refractivity contribution in [3.05, 3.63) is 63.7 Å². The fourth-order valence-corrected chi connectivity index (χ4v) is 2.90. The van der Waals surface area contributed by atoms with Crippen LogP contribution >= 0.6 is 11.6 Å². The second kappa shape index (κ2) is 6.09. The van der Waals surface area contributed by atoms with E-state index in [9.17, 15) is 14.4 Å². The van der Waals surface area contributed by atoms with Crippen LogP contribution in [0.3, 0.4) is 0 Å². The molecular weight excluding hydrogens is 328 g/mol. The van der Waals surface area contributed by atoms with Crippen LogP contribution in [0.5, 0.6) is 0 Å². The molecule has 0 saturated carbocycles. The monoisotopic (exact) mass is 342 g/mol. The van der Waals surface area contributed by atoms with Crippen molar-refractivity contribution in [3.8, 4) is 0 Å². The van der Waals surface area contributed by atoms with Gasteiger partial charge in [-0.3, -0.25) is 19.3 Å². The molecule has 1 aliphatic rings. The summed E-state index contributed by atoms with van der Waals surface area (Å²) in [6.07, 6.45) is 0. The number of nitrogens with zero attached hydrogens (tertiary/aromatic N) is 1. The number of hydrogen-bond donors (Lipinski definition) is 1. The van der Waals surface area contributed by atoms with Gasteiger partial charge in [-0.05, 0) is 43.2 Å². The number of amides is 3. The molecule has 0 radical (unpaired) electrons. The normalized spacial score (nSPS) is 13.2. The van der Waals surface area contributed by atoms with E-state index in [4.69, 9.17) is 11.6 Å². The Bertz CT molecular complexity index is 877. The van der Waals surface area contributed by atoms with Gasteiger partial charge in [0.1, 0.15) is 6.54 Å². The smallest absolute Gasteiger partial charge is 0.263 e. The van der Waals surface area contributed by atoms with Crippen molar-refractivity contribution in [3.63, 3.8) is 0 Å². The Balaban J connectivity index is 1.79. The van der Waals surface area contributed by atoms with E-state index in [0.29, 0.717) is 5.69 Å². The second-order valence-corrected chi connectivity index (χ2v) is 6.13. The first kappa shape index (κ1) is 16.2. The molecule has 1 N–H and O–H groups in total. The Morgan fingerprint density at radius 2 is 1.88 bits per heavy atom. The minimum Gasteiger partial charge on any atom is -0.324 e. The molecule has 1 heterocycles. The van der Waals surface area contributed by atoms with Crippen molar-refractivity contribution in [2.45, 2.75) is 13.8 Å². The summed E-state index contributed by atoms with van der Waals surface area (Å²) in [4.78, 5) is 37.9. The van der Waals surface area contributed by atoms with E-state index >= 15 is 0 Å². The van der Waals surface area contributed by atoms with E-state index in [1.165, 1.54) is 6.07 Å². The Labute approximate surface area is 144 Å². The molecule has 0 fully saturated rings. The number of nitrogens with one attached hydrogen (secondary N) is 1. The summed E-state index contributed by atoms with van der Waals surface area (Å²) in [5, 5.41) is 2.95. The van der Waals surface area contributed by atoms with Crippen LogP contribution < -0.4 is 5.32 Å². The van der Waals surface area contributed by atoms with Gasteiger partial charge in [-0.1, -0.05) is 29.8 Å². The number of carbonyl (C=O) groups is 3. The van der Waals surface area contributed by atoms with Gasteiger partial charge in [0.05, 0.1) is 16.1 Å². The van der Waals surface area contributed by atoms with E-state index in [1.807, 2.05) is 32.0 Å². The quantitative estimate of drug-likeness (QED) is 0.871. The molecule has 0 saturated heterocycles. The average molecular weight is 343 g/mol. The van der Waals surface area contributed by atoms with E-state index in [2.05, 4.69) is 5.32 Å². The fourth-order valence-electron chi connectivity index (χ4n) is 2.64. The zero-order valence-corrected chi connectivity index (χ0v) is 14.0. The van der Waals surface area contributed by atoms with Crippen LogP contribution in [0.15, 0.2) is 36.4 Å². The molecule has 6 heteroatoms. The first-order chi connectivity index (χ1) is 11.4. The number of hydrogen-bond acceptors (Lipinski definition) is 3. The molecule has 0 unspecified atom stereocenters. The summed E-state index contributed by atoms with van der Waals surface area (Å²) >= 11 is 6.00. The van der Waals surface area contributed by atoms with Crippen molar-refractivity contribution in [1.29, 1.82) is 0 Å². The van der Waals surface area contributed by atoms with Crippen molar-refractivity contribution >= 4 is 35.0 Å². The lowest BCUT2D eigenvalue weighted by Gasteiger charge is -2.15. The zero-order valence-electron chi connectivity index (χ0n) is 13.2. The van der Waals surface area contributed by atoms with Gasteiger partial charge in [-0.25, -0.2) is 0 Å². The van der Waals surface area contributed by atoms with E-state index in [-0.39, 0.29) is 22.7 Å². The maximum Gasteiger partial charge on any atom is 0.263 e. The van der Waals surface area contributed by atoms with Crippen molar-refractivity contribution in [1.82, 2.24) is 4.90 Å². The van der Waals surface area contributed by atoms with Gasteiger partial charge in [0.25, 0.3) is 11.8 Å². The fraction of sp³-hybridized carbons (Fsp3) is 0.167. The number of fused-ring (bicyclic) bond motifs is 1. The SMILES string of the molecule is Cc1ccc(C)c(NC(=O)CN2C(=O)c3cccc(Cl)c3C2=O)c1. The van der Waals surface area contributed by atoms with E-state index in [1.54, 1.807) is 12.1 Å². The van der Waals surface area contributed by atoms with Gasteiger partial charge >= 0.3 is 0 Å². The molecule has 3 rings (SSSR count). The van der Waals surface area contributed by atoms with Crippen LogP contribution in [0, 0.1) is 13.8 Å². The molecule has 2 aromatic rings. The molecule has 0 bridgehead atoms. The number of carbonyl (C=O) groups excluding carboxylic acids is 3. The van der Waals surface area contributed by atoms with Crippen LogP contribution in [0.4, 0.5) is 5.69 Å². The average Bonchev–Trinajstić information content (AvgIpc) is 2.77. The molecular formula is C18H15ClN2O3. The number of halogens is 1. The lowest BCUT2D eigenvalue weighted by molar-refractivity contribution is -0.116. The third-order valence-electron chi connectivity index (χ3n) is 3.92. The van der Waals surface area contributed by atoms with Crippen molar-refractivity contribution in [2.75, 3.05) is 11.9 Å². The summed E-state index contributed by atoms with van der Waals surface area (Å²) in [6, 6.07) is 10.4. The lowest BCUT2D eigenvalue weighted by atomic mass is 10.1. The van der Waals surface area contributed by atoms with Crippen LogP contribution in [0.2, 0.25) is 5.02 Å². The molecule has 5 nitrogen and oxygen atoms in total. The number of rotatable bonds is 3. The topological polar surface area (TPSA) is 66.5 Å². The minimum absolute atomic E-state index is 0.156. The molecule has 0 atom stereocenters. The predicted octanol–water partition coefficient (Wildman–Crippen LogP) is 3.19. The highest BCUT2D eigenvalue weighted by atomic mass is 35.5. The number of imide groups is 1. The van der Waals surface area contributed by atoms with E-state index < -0.39 is 17.7 Å². The summed E-state index contributed by atoms with van der Waals surface area (Å²) < 4.78 is 0. The van der Waals surface area contributed by atoms with Gasteiger partial charge in [-0.2, -0.15) is 0 Å². The molecule has 24 heavy (non-hydrogen) atoms. The lowest BCUT2D eigenvalue weighted by Crippen LogP contribution is -2.37. The van der Waals surface area contributed by atoms with Gasteiger partial charge in [0.15, 0.2) is 0 Å². The minimum atomic E-state index is -0.545. The van der Waals surface area contributed by atoms with Crippen molar-refractivity contribution in [2.24, 2.45) is 0 Å². The predicted molar refractivity (Wildman–Crippen MR) is 91.4 cm³/mol. The van der Waals surface area contributed by atoms with Crippen LogP contribution in [-0.2, 0) is 4.79 Å². The third-order valence-corrected chi connectivity index (χ3v) is 4.23. The molecule has 122 valence electrons. The highest BCUT2D eigenvalue weighted by Crippen LogP contribution is 2.29. The molecule has 0 spiro atoms. The van der Waals surface area contributed by atoms with Gasteiger partial charge in [-0.15, -0.1) is 0 Å². The van der Waals surface area contributed by atoms with Crippen LogP contribution in [-0.4, -0.2) is 29.2 Å². The number of benzene rings is 2. The molecule has 3 amide bonds. The number of aryl methyl sites for hydroxylation is 2. The van der Waals surface area contributed by atoms with Gasteiger partial charge < -0.3 is 5.32 Å². The van der Waals surface area contributed by atoms with Crippen LogP contribution in [0.1, 0.15) is 31.8 Å². The number of anilines is 1. The summed E-state index contributed by atoms with van der Waals surface area (Å²) in [5.41, 5.74) is 2.95. The molecule has 2 aromatic carbocycles. The highest BCUT2D eigenvalue weighted by molar-refractivity contribution is 6.37. The third kappa shape index (κ3) is 2.78. The largest absolute Gasteiger partial charge is 0.324 e. The standard InChI is InChI=1S/C18H15ClN2O3/c1-10-6-7-11(2)14(8-10)20-15(22)9-21-17(23)12-4-3-5-13(19)16(12)18(21)24/h3-8H,9H2,1-2H3,(H,20,22).